The lowest BCUT2D eigenvalue weighted by atomic mass is 10.3. The van der Waals surface area contributed by atoms with E-state index in [1.807, 2.05) is 0 Å². The molecule has 1 N–H and O–H groups in total. The molecule has 0 aliphatic carbocycles. The van der Waals surface area contributed by atoms with Gasteiger partial charge in [0.25, 0.3) is 0 Å². The van der Waals surface area contributed by atoms with Gasteiger partial charge < -0.3 is 14.8 Å². The molecule has 1 aromatic carbocycles. The summed E-state index contributed by atoms with van der Waals surface area (Å²) in [5, 5.41) is 2.62. The summed E-state index contributed by atoms with van der Waals surface area (Å²) in [6.07, 6.45) is -0.174. The molecule has 0 aliphatic rings. The van der Waals surface area contributed by atoms with Crippen molar-refractivity contribution in [1.29, 1.82) is 0 Å². The van der Waals surface area contributed by atoms with E-state index in [1.165, 1.54) is 6.92 Å². The number of benzene rings is 1. The lowest BCUT2D eigenvalue weighted by Crippen LogP contribution is -2.19. The van der Waals surface area contributed by atoms with Gasteiger partial charge in [-0.3, -0.25) is 4.79 Å². The van der Waals surface area contributed by atoms with Gasteiger partial charge in [-0.25, -0.2) is 4.79 Å². The number of amides is 1. The normalized spacial score (nSPS) is 10.0. The van der Waals surface area contributed by atoms with E-state index in [1.54, 1.807) is 38.1 Å². The van der Waals surface area contributed by atoms with Gasteiger partial charge in [0.15, 0.2) is 6.61 Å². The molecule has 0 saturated heterocycles. The number of nitrogens with one attached hydrogen (secondary N) is 1. The van der Waals surface area contributed by atoms with E-state index >= 15 is 0 Å². The van der Waals surface area contributed by atoms with Gasteiger partial charge in [-0.15, -0.1) is 0 Å². The molecule has 0 atom stereocenters. The van der Waals surface area contributed by atoms with Crippen molar-refractivity contribution in [3.8, 4) is 5.75 Å². The van der Waals surface area contributed by atoms with Crippen molar-refractivity contribution in [3.05, 3.63) is 24.3 Å². The average Bonchev–Trinajstić information content (AvgIpc) is 2.26. The summed E-state index contributed by atoms with van der Waals surface area (Å²) in [7, 11) is 0. The monoisotopic (exact) mass is 251 g/mol. The van der Waals surface area contributed by atoms with Crippen LogP contribution < -0.4 is 10.1 Å². The van der Waals surface area contributed by atoms with Crippen molar-refractivity contribution in [2.75, 3.05) is 11.9 Å². The fraction of sp³-hybridized carbons (Fsp3) is 0.385. The molecule has 1 rings (SSSR count). The second-order valence-corrected chi connectivity index (χ2v) is 4.00. The molecule has 0 aliphatic heterocycles. The van der Waals surface area contributed by atoms with E-state index in [0.717, 1.165) is 0 Å². The second kappa shape index (κ2) is 6.64. The molecule has 0 fully saturated rings. The molecule has 0 radical (unpaired) electrons. The molecule has 0 aromatic heterocycles. The summed E-state index contributed by atoms with van der Waals surface area (Å²) in [4.78, 5) is 22.3. The number of hydrogen-bond acceptors (Lipinski definition) is 4. The minimum atomic E-state index is -0.442. The summed E-state index contributed by atoms with van der Waals surface area (Å²) in [5.74, 6) is -0.202. The zero-order valence-corrected chi connectivity index (χ0v) is 10.7. The third-order valence-electron chi connectivity index (χ3n) is 1.91. The van der Waals surface area contributed by atoms with Crippen LogP contribution in [-0.4, -0.2) is 24.6 Å². The molecule has 0 heterocycles. The molecular formula is C13H17NO4. The maximum Gasteiger partial charge on any atom is 0.344 e. The lowest BCUT2D eigenvalue weighted by Gasteiger charge is -2.12. The van der Waals surface area contributed by atoms with Gasteiger partial charge in [-0.2, -0.15) is 0 Å². The van der Waals surface area contributed by atoms with Gasteiger partial charge in [0.1, 0.15) is 5.75 Å². The van der Waals surface area contributed by atoms with Crippen LogP contribution in [0.2, 0.25) is 0 Å². The molecule has 0 unspecified atom stereocenters. The summed E-state index contributed by atoms with van der Waals surface area (Å²) in [5.41, 5.74) is 0.530. The summed E-state index contributed by atoms with van der Waals surface area (Å²) in [6.45, 7) is 4.75. The smallest absolute Gasteiger partial charge is 0.344 e. The maximum absolute atomic E-state index is 11.3. The van der Waals surface area contributed by atoms with Crippen LogP contribution in [0.3, 0.4) is 0 Å². The lowest BCUT2D eigenvalue weighted by molar-refractivity contribution is -0.149. The molecule has 0 bridgehead atoms. The van der Waals surface area contributed by atoms with Crippen LogP contribution in [0.15, 0.2) is 24.3 Å². The first-order chi connectivity index (χ1) is 8.49. The Bertz CT molecular complexity index is 429. The van der Waals surface area contributed by atoms with Crippen LogP contribution >= 0.6 is 0 Å². The first kappa shape index (κ1) is 14.0. The number of hydrogen-bond donors (Lipinski definition) is 1. The number of esters is 1. The van der Waals surface area contributed by atoms with E-state index in [0.29, 0.717) is 11.4 Å². The molecular weight excluding hydrogens is 234 g/mol. The molecule has 1 aromatic rings. The molecule has 98 valence electrons. The minimum absolute atomic E-state index is 0.174. The van der Waals surface area contributed by atoms with Gasteiger partial charge in [0, 0.05) is 6.92 Å². The molecule has 1 amide bonds. The van der Waals surface area contributed by atoms with E-state index < -0.39 is 5.97 Å². The van der Waals surface area contributed by atoms with Gasteiger partial charge in [0.05, 0.1) is 11.8 Å². The summed E-state index contributed by atoms with van der Waals surface area (Å²) >= 11 is 0. The summed E-state index contributed by atoms with van der Waals surface area (Å²) in [6, 6.07) is 6.90. The highest BCUT2D eigenvalue weighted by Gasteiger charge is 2.09. The van der Waals surface area contributed by atoms with Crippen molar-refractivity contribution in [2.45, 2.75) is 26.9 Å². The fourth-order valence-corrected chi connectivity index (χ4v) is 1.32. The zero-order chi connectivity index (χ0) is 13.5. The van der Waals surface area contributed by atoms with Gasteiger partial charge in [-0.05, 0) is 26.0 Å². The zero-order valence-electron chi connectivity index (χ0n) is 10.7. The number of carbonyl (C=O) groups is 2. The Hall–Kier alpha value is -2.04. The predicted molar refractivity (Wildman–Crippen MR) is 67.5 cm³/mol. The predicted octanol–water partition coefficient (Wildman–Crippen LogP) is 1.98. The minimum Gasteiger partial charge on any atom is -0.480 e. The van der Waals surface area contributed by atoms with E-state index in [-0.39, 0.29) is 18.6 Å². The Balaban J connectivity index is 2.61. The number of carbonyl (C=O) groups excluding carboxylic acids is 2. The van der Waals surface area contributed by atoms with Gasteiger partial charge in [-0.1, -0.05) is 12.1 Å². The van der Waals surface area contributed by atoms with Crippen LogP contribution in [-0.2, 0) is 14.3 Å². The molecule has 18 heavy (non-hydrogen) atoms. The highest BCUT2D eigenvalue weighted by atomic mass is 16.6. The maximum atomic E-state index is 11.3. The Morgan fingerprint density at radius 2 is 1.94 bits per heavy atom. The number of ether oxygens (including phenoxy) is 2. The van der Waals surface area contributed by atoms with Crippen molar-refractivity contribution in [3.63, 3.8) is 0 Å². The Kier molecular flexibility index (Phi) is 5.17. The molecule has 0 spiro atoms. The Morgan fingerprint density at radius 1 is 1.28 bits per heavy atom. The molecule has 0 saturated carbocycles. The van der Waals surface area contributed by atoms with Crippen LogP contribution in [0.25, 0.3) is 0 Å². The standard InChI is InChI=1S/C13H17NO4/c1-9(2)18-13(16)8-17-12-7-5-4-6-11(12)14-10(3)15/h4-7,9H,8H2,1-3H3,(H,14,15). The Labute approximate surface area is 106 Å². The van der Waals surface area contributed by atoms with Crippen LogP contribution in [0, 0.1) is 0 Å². The van der Waals surface area contributed by atoms with E-state index in [4.69, 9.17) is 9.47 Å². The molecule has 5 heteroatoms. The van der Waals surface area contributed by atoms with Crippen LogP contribution in [0.1, 0.15) is 20.8 Å². The van der Waals surface area contributed by atoms with E-state index in [2.05, 4.69) is 5.32 Å². The number of rotatable bonds is 5. The largest absolute Gasteiger partial charge is 0.480 e. The first-order valence-corrected chi connectivity index (χ1v) is 5.68. The highest BCUT2D eigenvalue weighted by molar-refractivity contribution is 5.90. The first-order valence-electron chi connectivity index (χ1n) is 5.68. The topological polar surface area (TPSA) is 64.6 Å². The summed E-state index contributed by atoms with van der Waals surface area (Å²) < 4.78 is 10.3. The third kappa shape index (κ3) is 4.86. The fourth-order valence-electron chi connectivity index (χ4n) is 1.32. The number of para-hydroxylation sites is 2. The molecule has 5 nitrogen and oxygen atoms in total. The van der Waals surface area contributed by atoms with Crippen molar-refractivity contribution in [2.24, 2.45) is 0 Å². The third-order valence-corrected chi connectivity index (χ3v) is 1.91. The van der Waals surface area contributed by atoms with Gasteiger partial charge >= 0.3 is 5.97 Å². The van der Waals surface area contributed by atoms with Crippen molar-refractivity contribution < 1.29 is 19.1 Å². The Morgan fingerprint density at radius 3 is 2.56 bits per heavy atom. The second-order valence-electron chi connectivity index (χ2n) is 4.00. The van der Waals surface area contributed by atoms with E-state index in [9.17, 15) is 9.59 Å². The van der Waals surface area contributed by atoms with Gasteiger partial charge in [0.2, 0.25) is 5.91 Å². The van der Waals surface area contributed by atoms with Crippen LogP contribution in [0.4, 0.5) is 5.69 Å². The highest BCUT2D eigenvalue weighted by Crippen LogP contribution is 2.23. The van der Waals surface area contributed by atoms with Crippen molar-refractivity contribution in [1.82, 2.24) is 0 Å². The van der Waals surface area contributed by atoms with Crippen molar-refractivity contribution >= 4 is 17.6 Å². The number of anilines is 1. The van der Waals surface area contributed by atoms with Crippen LogP contribution in [0.5, 0.6) is 5.75 Å². The quantitative estimate of drug-likeness (QED) is 0.813. The SMILES string of the molecule is CC(=O)Nc1ccccc1OCC(=O)OC(C)C. The average molecular weight is 251 g/mol.